The molecule has 3 heterocycles. The molecule has 40 heavy (non-hydrogen) atoms. The Labute approximate surface area is 231 Å². The van der Waals surface area contributed by atoms with Crippen LogP contribution < -0.4 is 10.2 Å². The highest BCUT2D eigenvalue weighted by molar-refractivity contribution is 6.04. The maximum Gasteiger partial charge on any atom is 0.329 e. The molecule has 5 rings (SSSR count). The van der Waals surface area contributed by atoms with Gasteiger partial charge in [0.2, 0.25) is 5.95 Å². The molecule has 1 aliphatic carbocycles. The molecular formula is C28H34N6O6. The molecule has 12 nitrogen and oxygen atoms in total. The van der Waals surface area contributed by atoms with Crippen LogP contribution in [0.2, 0.25) is 0 Å². The Balaban J connectivity index is 1.48. The highest BCUT2D eigenvalue weighted by Crippen LogP contribution is 2.33. The maximum atomic E-state index is 13.2. The van der Waals surface area contributed by atoms with Gasteiger partial charge >= 0.3 is 11.9 Å². The predicted octanol–water partition coefficient (Wildman–Crippen LogP) is 3.54. The molecule has 1 atom stereocenters. The lowest BCUT2D eigenvalue weighted by Gasteiger charge is -2.28. The standard InChI is InChI=1S/C28H34N6O6/c1-2-40-27(38)21(16-22(35)36)34-17-29-23-24(33-12-14-39-15-13-33)30-28(31-25(23)34)32-26(37)20-10-8-19(9-11-20)18-6-4-3-5-7-18/h8-11,17-18,21H,2-7,12-16H2,1H3,(H,35,36)(H,30,31,32,37). The molecule has 1 unspecified atom stereocenters. The molecule has 2 aromatic heterocycles. The number of aliphatic carboxylic acids is 1. The van der Waals surface area contributed by atoms with E-state index in [1.54, 1.807) is 6.92 Å². The van der Waals surface area contributed by atoms with E-state index in [1.807, 2.05) is 29.2 Å². The molecule has 0 radical (unpaired) electrons. The fourth-order valence-electron chi connectivity index (χ4n) is 5.40. The average Bonchev–Trinajstić information content (AvgIpc) is 3.40. The minimum absolute atomic E-state index is 0.0232. The van der Waals surface area contributed by atoms with Gasteiger partial charge in [-0.2, -0.15) is 9.97 Å². The summed E-state index contributed by atoms with van der Waals surface area (Å²) in [4.78, 5) is 53.1. The maximum absolute atomic E-state index is 13.2. The molecule has 1 aliphatic heterocycles. The van der Waals surface area contributed by atoms with Gasteiger partial charge in [-0.25, -0.2) is 9.78 Å². The second kappa shape index (κ2) is 12.4. The molecule has 2 aliphatic rings. The Morgan fingerprint density at radius 2 is 1.82 bits per heavy atom. The molecule has 2 N–H and O–H groups in total. The van der Waals surface area contributed by atoms with Gasteiger partial charge in [-0.1, -0.05) is 31.4 Å². The molecule has 12 heteroatoms. The van der Waals surface area contributed by atoms with Crippen LogP contribution in [0.15, 0.2) is 30.6 Å². The highest BCUT2D eigenvalue weighted by Gasteiger charge is 2.29. The van der Waals surface area contributed by atoms with Gasteiger partial charge in [0.25, 0.3) is 5.91 Å². The van der Waals surface area contributed by atoms with E-state index in [0.717, 1.165) is 0 Å². The zero-order valence-electron chi connectivity index (χ0n) is 22.5. The summed E-state index contributed by atoms with van der Waals surface area (Å²) < 4.78 is 12.0. The number of ether oxygens (including phenoxy) is 2. The molecule has 2 fully saturated rings. The molecule has 1 saturated carbocycles. The number of esters is 1. The third-order valence-corrected chi connectivity index (χ3v) is 7.45. The summed E-state index contributed by atoms with van der Waals surface area (Å²) in [5.74, 6) is -1.23. The molecule has 1 saturated heterocycles. The number of carbonyl (C=O) groups excluding carboxylic acids is 2. The Morgan fingerprint density at radius 1 is 1.10 bits per heavy atom. The van der Waals surface area contributed by atoms with Crippen molar-refractivity contribution in [1.29, 1.82) is 0 Å². The van der Waals surface area contributed by atoms with Crippen LogP contribution in [0.3, 0.4) is 0 Å². The van der Waals surface area contributed by atoms with Crippen molar-refractivity contribution in [2.75, 3.05) is 43.1 Å². The number of morpholine rings is 1. The van der Waals surface area contributed by atoms with E-state index in [2.05, 4.69) is 20.3 Å². The lowest BCUT2D eigenvalue weighted by atomic mass is 9.84. The van der Waals surface area contributed by atoms with Crippen LogP contribution in [0, 0.1) is 0 Å². The number of nitrogens with one attached hydrogen (secondary N) is 1. The second-order valence-electron chi connectivity index (χ2n) is 10.1. The lowest BCUT2D eigenvalue weighted by molar-refractivity contribution is -0.151. The monoisotopic (exact) mass is 550 g/mol. The van der Waals surface area contributed by atoms with Crippen molar-refractivity contribution >= 4 is 40.8 Å². The molecule has 1 amide bonds. The first kappa shape index (κ1) is 27.5. The number of amides is 1. The molecule has 212 valence electrons. The number of hydrogen-bond donors (Lipinski definition) is 2. The third-order valence-electron chi connectivity index (χ3n) is 7.45. The van der Waals surface area contributed by atoms with E-state index in [-0.39, 0.29) is 24.1 Å². The summed E-state index contributed by atoms with van der Waals surface area (Å²) in [6.45, 7) is 3.82. The summed E-state index contributed by atoms with van der Waals surface area (Å²) >= 11 is 0. The van der Waals surface area contributed by atoms with Crippen molar-refractivity contribution in [3.8, 4) is 0 Å². The van der Waals surface area contributed by atoms with Gasteiger partial charge in [0.05, 0.1) is 32.6 Å². The van der Waals surface area contributed by atoms with Gasteiger partial charge in [0.15, 0.2) is 17.0 Å². The van der Waals surface area contributed by atoms with Crippen molar-refractivity contribution in [3.05, 3.63) is 41.7 Å². The van der Waals surface area contributed by atoms with Crippen LogP contribution in [0.5, 0.6) is 0 Å². The van der Waals surface area contributed by atoms with Crippen molar-refractivity contribution in [3.63, 3.8) is 0 Å². The van der Waals surface area contributed by atoms with Crippen molar-refractivity contribution in [2.24, 2.45) is 0 Å². The number of carbonyl (C=O) groups is 3. The molecule has 1 aromatic carbocycles. The van der Waals surface area contributed by atoms with Crippen LogP contribution >= 0.6 is 0 Å². The minimum Gasteiger partial charge on any atom is -0.481 e. The number of nitrogens with zero attached hydrogens (tertiary/aromatic N) is 5. The smallest absolute Gasteiger partial charge is 0.329 e. The van der Waals surface area contributed by atoms with E-state index in [1.165, 1.54) is 48.6 Å². The fraction of sp³-hybridized carbons (Fsp3) is 0.500. The van der Waals surface area contributed by atoms with Crippen LogP contribution in [0.25, 0.3) is 11.2 Å². The van der Waals surface area contributed by atoms with Crippen molar-refractivity contribution < 1.29 is 29.0 Å². The predicted molar refractivity (Wildman–Crippen MR) is 146 cm³/mol. The number of benzene rings is 1. The number of imidazole rings is 1. The Morgan fingerprint density at radius 3 is 2.50 bits per heavy atom. The fourth-order valence-corrected chi connectivity index (χ4v) is 5.40. The van der Waals surface area contributed by atoms with Crippen LogP contribution in [-0.2, 0) is 19.1 Å². The minimum atomic E-state index is -1.19. The average molecular weight is 551 g/mol. The van der Waals surface area contributed by atoms with Crippen molar-refractivity contribution in [2.45, 2.75) is 57.4 Å². The summed E-state index contributed by atoms with van der Waals surface area (Å²) in [5.41, 5.74) is 2.32. The molecule has 0 spiro atoms. The zero-order chi connectivity index (χ0) is 28.1. The van der Waals surface area contributed by atoms with E-state index in [4.69, 9.17) is 9.47 Å². The number of carboxylic acids is 1. The summed E-state index contributed by atoms with van der Waals surface area (Å²) in [5, 5.41) is 12.3. The number of aromatic nitrogens is 4. The third kappa shape index (κ3) is 6.06. The zero-order valence-corrected chi connectivity index (χ0v) is 22.5. The topological polar surface area (TPSA) is 149 Å². The first-order chi connectivity index (χ1) is 19.4. The van der Waals surface area contributed by atoms with Gasteiger partial charge in [-0.05, 0) is 43.4 Å². The number of hydrogen-bond acceptors (Lipinski definition) is 9. The molecule has 3 aromatic rings. The first-order valence-electron chi connectivity index (χ1n) is 13.8. The summed E-state index contributed by atoms with van der Waals surface area (Å²) in [7, 11) is 0. The van der Waals surface area contributed by atoms with Gasteiger partial charge in [0.1, 0.15) is 6.04 Å². The lowest BCUT2D eigenvalue weighted by Crippen LogP contribution is -2.37. The van der Waals surface area contributed by atoms with Crippen LogP contribution in [-0.4, -0.2) is 75.4 Å². The van der Waals surface area contributed by atoms with Gasteiger partial charge in [-0.3, -0.25) is 19.5 Å². The SMILES string of the molecule is CCOC(=O)C(CC(=O)O)n1cnc2c(N3CCOCC3)nc(NC(=O)c3ccc(C4CCCCC4)cc3)nc21. The highest BCUT2D eigenvalue weighted by atomic mass is 16.5. The normalized spacial score (nSPS) is 17.0. The van der Waals surface area contributed by atoms with E-state index >= 15 is 0 Å². The van der Waals surface area contributed by atoms with Crippen molar-refractivity contribution in [1.82, 2.24) is 19.5 Å². The van der Waals surface area contributed by atoms with E-state index in [0.29, 0.717) is 49.1 Å². The van der Waals surface area contributed by atoms with Gasteiger partial charge in [-0.15, -0.1) is 0 Å². The molecular weight excluding hydrogens is 516 g/mol. The Kier molecular flexibility index (Phi) is 8.54. The summed E-state index contributed by atoms with van der Waals surface area (Å²) in [6, 6.07) is 6.46. The number of carboxylic acid groups (broad SMARTS) is 1. The number of rotatable bonds is 9. The van der Waals surface area contributed by atoms with Crippen LogP contribution in [0.4, 0.5) is 11.8 Å². The second-order valence-corrected chi connectivity index (χ2v) is 10.1. The van der Waals surface area contributed by atoms with Gasteiger partial charge in [0, 0.05) is 18.7 Å². The van der Waals surface area contributed by atoms with Crippen LogP contribution in [0.1, 0.15) is 73.3 Å². The van der Waals surface area contributed by atoms with Gasteiger partial charge < -0.3 is 19.5 Å². The Hall–Kier alpha value is -4.06. The first-order valence-corrected chi connectivity index (χ1v) is 13.8. The number of anilines is 2. The molecule has 0 bridgehead atoms. The van der Waals surface area contributed by atoms with E-state index in [9.17, 15) is 19.5 Å². The van der Waals surface area contributed by atoms with E-state index < -0.39 is 24.4 Å². The largest absolute Gasteiger partial charge is 0.481 e. The summed E-state index contributed by atoms with van der Waals surface area (Å²) in [6.07, 6.45) is 6.94. The number of fused-ring (bicyclic) bond motifs is 1. The Bertz CT molecular complexity index is 1360. The quantitative estimate of drug-likeness (QED) is 0.379.